The SMILES string of the molecule is CCNC(Cc1ccc(Br)s1)c1ccc(CC)cc1. The van der Waals surface area contributed by atoms with E-state index in [0.29, 0.717) is 6.04 Å². The second kappa shape index (κ2) is 7.22. The maximum atomic E-state index is 3.59. The Bertz CT molecular complexity index is 504. The highest BCUT2D eigenvalue weighted by Crippen LogP contribution is 2.27. The quantitative estimate of drug-likeness (QED) is 0.784. The molecule has 1 aromatic carbocycles. The van der Waals surface area contributed by atoms with Gasteiger partial charge in [-0.2, -0.15) is 0 Å². The maximum Gasteiger partial charge on any atom is 0.0701 e. The first-order valence-electron chi connectivity index (χ1n) is 6.79. The highest BCUT2D eigenvalue weighted by molar-refractivity contribution is 9.11. The normalized spacial score (nSPS) is 12.6. The van der Waals surface area contributed by atoms with Crippen molar-refractivity contribution in [3.8, 4) is 0 Å². The van der Waals surface area contributed by atoms with E-state index in [-0.39, 0.29) is 0 Å². The molecule has 0 bridgehead atoms. The summed E-state index contributed by atoms with van der Waals surface area (Å²) in [6, 6.07) is 13.7. The molecule has 2 aromatic rings. The second-order valence-corrected chi connectivity index (χ2v) is 7.16. The van der Waals surface area contributed by atoms with Gasteiger partial charge in [0.05, 0.1) is 3.79 Å². The third-order valence-electron chi connectivity index (χ3n) is 3.28. The van der Waals surface area contributed by atoms with Crippen molar-refractivity contribution >= 4 is 27.3 Å². The van der Waals surface area contributed by atoms with E-state index < -0.39 is 0 Å². The summed E-state index contributed by atoms with van der Waals surface area (Å²) in [6.07, 6.45) is 2.15. The number of benzene rings is 1. The maximum absolute atomic E-state index is 3.59. The van der Waals surface area contributed by atoms with Crippen LogP contribution in [0.5, 0.6) is 0 Å². The lowest BCUT2D eigenvalue weighted by Gasteiger charge is -2.18. The van der Waals surface area contributed by atoms with Gasteiger partial charge in [-0.15, -0.1) is 11.3 Å². The number of hydrogen-bond donors (Lipinski definition) is 1. The fraction of sp³-hybridized carbons (Fsp3) is 0.375. The van der Waals surface area contributed by atoms with Crippen LogP contribution in [-0.4, -0.2) is 6.54 Å². The minimum atomic E-state index is 0.404. The molecule has 102 valence electrons. The molecule has 0 saturated carbocycles. The lowest BCUT2D eigenvalue weighted by atomic mass is 10.0. The Hall–Kier alpha value is -0.640. The van der Waals surface area contributed by atoms with Crippen molar-refractivity contribution in [1.29, 1.82) is 0 Å². The van der Waals surface area contributed by atoms with E-state index in [9.17, 15) is 0 Å². The van der Waals surface area contributed by atoms with Crippen molar-refractivity contribution in [2.75, 3.05) is 6.54 Å². The van der Waals surface area contributed by atoms with Gasteiger partial charge in [0.25, 0.3) is 0 Å². The Balaban J connectivity index is 2.13. The zero-order chi connectivity index (χ0) is 13.7. The summed E-state index contributed by atoms with van der Waals surface area (Å²) in [5.41, 5.74) is 2.78. The number of likely N-dealkylation sites (N-methyl/N-ethyl adjacent to an activating group) is 1. The Kier molecular flexibility index (Phi) is 5.61. The minimum Gasteiger partial charge on any atom is -0.310 e. The summed E-state index contributed by atoms with van der Waals surface area (Å²) in [6.45, 7) is 5.35. The number of thiophene rings is 1. The molecule has 0 aliphatic carbocycles. The van der Waals surface area contributed by atoms with Crippen LogP contribution in [0.3, 0.4) is 0 Å². The molecule has 1 unspecified atom stereocenters. The van der Waals surface area contributed by atoms with Crippen LogP contribution in [0.1, 0.15) is 35.9 Å². The minimum absolute atomic E-state index is 0.404. The van der Waals surface area contributed by atoms with E-state index in [1.807, 2.05) is 11.3 Å². The van der Waals surface area contributed by atoms with Crippen LogP contribution in [0.2, 0.25) is 0 Å². The second-order valence-electron chi connectivity index (χ2n) is 4.62. The van der Waals surface area contributed by atoms with Crippen LogP contribution < -0.4 is 5.32 Å². The molecule has 0 radical (unpaired) electrons. The molecule has 1 nitrogen and oxygen atoms in total. The monoisotopic (exact) mass is 337 g/mol. The number of halogens is 1. The van der Waals surface area contributed by atoms with Gasteiger partial charge < -0.3 is 5.32 Å². The van der Waals surface area contributed by atoms with E-state index >= 15 is 0 Å². The molecule has 1 heterocycles. The van der Waals surface area contributed by atoms with Crippen molar-refractivity contribution in [1.82, 2.24) is 5.32 Å². The van der Waals surface area contributed by atoms with Gasteiger partial charge in [-0.25, -0.2) is 0 Å². The molecule has 0 amide bonds. The molecule has 1 N–H and O–H groups in total. The molecule has 0 fully saturated rings. The summed E-state index contributed by atoms with van der Waals surface area (Å²) in [4.78, 5) is 1.41. The molecule has 0 spiro atoms. The summed E-state index contributed by atoms with van der Waals surface area (Å²) in [5, 5.41) is 3.59. The van der Waals surface area contributed by atoms with Gasteiger partial charge in [0.1, 0.15) is 0 Å². The largest absolute Gasteiger partial charge is 0.310 e. The van der Waals surface area contributed by atoms with Crippen molar-refractivity contribution in [3.05, 3.63) is 56.2 Å². The Morgan fingerprint density at radius 2 is 1.84 bits per heavy atom. The molecule has 0 saturated heterocycles. The average molecular weight is 338 g/mol. The van der Waals surface area contributed by atoms with Crippen LogP contribution in [0.25, 0.3) is 0 Å². The Morgan fingerprint density at radius 3 is 2.37 bits per heavy atom. The molecule has 19 heavy (non-hydrogen) atoms. The lowest BCUT2D eigenvalue weighted by Crippen LogP contribution is -2.22. The van der Waals surface area contributed by atoms with Crippen LogP contribution in [0.15, 0.2) is 40.2 Å². The number of rotatable bonds is 6. The molecule has 3 heteroatoms. The van der Waals surface area contributed by atoms with Crippen LogP contribution >= 0.6 is 27.3 Å². The zero-order valence-corrected chi connectivity index (χ0v) is 13.9. The van der Waals surface area contributed by atoms with E-state index in [1.54, 1.807) is 0 Å². The first kappa shape index (κ1) is 14.8. The summed E-state index contributed by atoms with van der Waals surface area (Å²) in [5.74, 6) is 0. The summed E-state index contributed by atoms with van der Waals surface area (Å²) < 4.78 is 1.21. The van der Waals surface area contributed by atoms with E-state index in [4.69, 9.17) is 0 Å². The van der Waals surface area contributed by atoms with Gasteiger partial charge in [-0.3, -0.25) is 0 Å². The molecular weight excluding hydrogens is 318 g/mol. The van der Waals surface area contributed by atoms with Crippen molar-refractivity contribution in [3.63, 3.8) is 0 Å². The highest BCUT2D eigenvalue weighted by atomic mass is 79.9. The first-order chi connectivity index (χ1) is 9.22. The molecule has 2 rings (SSSR count). The highest BCUT2D eigenvalue weighted by Gasteiger charge is 2.12. The van der Waals surface area contributed by atoms with Crippen LogP contribution in [0, 0.1) is 0 Å². The molecule has 0 aliphatic rings. The third kappa shape index (κ3) is 4.16. The Labute approximate surface area is 128 Å². The fourth-order valence-electron chi connectivity index (χ4n) is 2.20. The number of nitrogens with one attached hydrogen (secondary N) is 1. The van der Waals surface area contributed by atoms with Crippen molar-refractivity contribution < 1.29 is 0 Å². The molecular formula is C16H20BrNS. The Morgan fingerprint density at radius 1 is 1.11 bits per heavy atom. The molecule has 0 aliphatic heterocycles. The average Bonchev–Trinajstić information content (AvgIpc) is 2.84. The van der Waals surface area contributed by atoms with Gasteiger partial charge in [0, 0.05) is 17.3 Å². The number of hydrogen-bond acceptors (Lipinski definition) is 2. The van der Waals surface area contributed by atoms with Crippen molar-refractivity contribution in [2.45, 2.75) is 32.7 Å². The smallest absolute Gasteiger partial charge is 0.0701 e. The molecule has 1 atom stereocenters. The standard InChI is InChI=1S/C16H20BrNS/c1-3-12-5-7-13(8-6-12)15(18-4-2)11-14-9-10-16(17)19-14/h5-10,15,18H,3-4,11H2,1-2H3. The summed E-state index contributed by atoms with van der Waals surface area (Å²) >= 11 is 5.36. The third-order valence-corrected chi connectivity index (χ3v) is 4.92. The van der Waals surface area contributed by atoms with E-state index in [1.165, 1.54) is 19.8 Å². The van der Waals surface area contributed by atoms with Gasteiger partial charge >= 0.3 is 0 Å². The molecule has 1 aromatic heterocycles. The van der Waals surface area contributed by atoms with Crippen LogP contribution in [-0.2, 0) is 12.8 Å². The van der Waals surface area contributed by atoms with Gasteiger partial charge in [-0.05, 0) is 52.2 Å². The zero-order valence-electron chi connectivity index (χ0n) is 11.4. The van der Waals surface area contributed by atoms with Gasteiger partial charge in [0.2, 0.25) is 0 Å². The van der Waals surface area contributed by atoms with E-state index in [2.05, 4.69) is 71.5 Å². The summed E-state index contributed by atoms with van der Waals surface area (Å²) in [7, 11) is 0. The van der Waals surface area contributed by atoms with Crippen molar-refractivity contribution in [2.24, 2.45) is 0 Å². The van der Waals surface area contributed by atoms with E-state index in [0.717, 1.165) is 19.4 Å². The topological polar surface area (TPSA) is 12.0 Å². The predicted octanol–water partition coefficient (Wildman–Crippen LogP) is 4.97. The number of aryl methyl sites for hydroxylation is 1. The van der Waals surface area contributed by atoms with Gasteiger partial charge in [-0.1, -0.05) is 38.1 Å². The predicted molar refractivity (Wildman–Crippen MR) is 88.0 cm³/mol. The lowest BCUT2D eigenvalue weighted by molar-refractivity contribution is 0.553. The fourth-order valence-corrected chi connectivity index (χ4v) is 3.73. The van der Waals surface area contributed by atoms with Gasteiger partial charge in [0.15, 0.2) is 0 Å². The first-order valence-corrected chi connectivity index (χ1v) is 8.40. The van der Waals surface area contributed by atoms with Crippen LogP contribution in [0.4, 0.5) is 0 Å².